The van der Waals surface area contributed by atoms with Gasteiger partial charge < -0.3 is 10.2 Å². The average Bonchev–Trinajstić information content (AvgIpc) is 2.60. The molecule has 4 heteroatoms. The van der Waals surface area contributed by atoms with Crippen LogP contribution in [0.25, 0.3) is 0 Å². The first-order valence-corrected chi connectivity index (χ1v) is 8.03. The van der Waals surface area contributed by atoms with Crippen LogP contribution in [-0.4, -0.2) is 27.4 Å². The zero-order valence-electron chi connectivity index (χ0n) is 14.6. The number of hydrogen-bond donors (Lipinski definition) is 2. The van der Waals surface area contributed by atoms with E-state index in [0.29, 0.717) is 23.1 Å². The first-order chi connectivity index (χ1) is 11.7. The second-order valence-electron chi connectivity index (χ2n) is 6.60. The van der Waals surface area contributed by atoms with Crippen LogP contribution in [0.5, 0.6) is 0 Å². The Morgan fingerprint density at radius 2 is 1.36 bits per heavy atom. The molecule has 0 heterocycles. The Morgan fingerprint density at radius 3 is 1.76 bits per heavy atom. The van der Waals surface area contributed by atoms with Crippen molar-refractivity contribution in [1.29, 1.82) is 0 Å². The number of carbonyl (C=O) groups excluding carboxylic acids is 2. The quantitative estimate of drug-likeness (QED) is 0.476. The highest BCUT2D eigenvalue weighted by atomic mass is 16.3. The van der Waals surface area contributed by atoms with Crippen molar-refractivity contribution in [2.75, 3.05) is 0 Å². The van der Waals surface area contributed by atoms with Gasteiger partial charge in [0.25, 0.3) is 0 Å². The zero-order chi connectivity index (χ0) is 18.6. The smallest absolute Gasteiger partial charge is 0.193 e. The maximum Gasteiger partial charge on any atom is 0.193 e. The molecule has 0 aliphatic heterocycles. The molecule has 0 atom stereocenters. The van der Waals surface area contributed by atoms with Crippen LogP contribution < -0.4 is 0 Å². The van der Waals surface area contributed by atoms with Gasteiger partial charge in [-0.25, -0.2) is 0 Å². The maximum atomic E-state index is 12.0. The van der Waals surface area contributed by atoms with Gasteiger partial charge in [-0.3, -0.25) is 9.59 Å². The van der Waals surface area contributed by atoms with E-state index in [-0.39, 0.29) is 11.6 Å². The van der Waals surface area contributed by atoms with E-state index >= 15 is 0 Å². The molecule has 0 spiro atoms. The molecule has 0 aromatic heterocycles. The van der Waals surface area contributed by atoms with Gasteiger partial charge in [-0.05, 0) is 38.3 Å². The summed E-state index contributed by atoms with van der Waals surface area (Å²) in [6.07, 6.45) is 1.48. The van der Waals surface area contributed by atoms with Gasteiger partial charge in [-0.15, -0.1) is 0 Å². The molecule has 2 aromatic rings. The first-order valence-electron chi connectivity index (χ1n) is 8.03. The van der Waals surface area contributed by atoms with Gasteiger partial charge in [-0.1, -0.05) is 48.5 Å². The molecular formula is C21H22O4. The number of benzene rings is 2. The van der Waals surface area contributed by atoms with Crippen LogP contribution in [-0.2, 0) is 6.42 Å². The van der Waals surface area contributed by atoms with Crippen LogP contribution in [0.1, 0.15) is 52.6 Å². The lowest BCUT2D eigenvalue weighted by Gasteiger charge is -2.15. The van der Waals surface area contributed by atoms with E-state index < -0.39 is 5.60 Å². The molecule has 2 N–H and O–H groups in total. The highest BCUT2D eigenvalue weighted by Crippen LogP contribution is 2.17. The Balaban J connectivity index is 2.10. The molecule has 25 heavy (non-hydrogen) atoms. The second kappa shape index (κ2) is 7.45. The van der Waals surface area contributed by atoms with E-state index in [0.717, 1.165) is 17.4 Å². The Morgan fingerprint density at radius 1 is 0.920 bits per heavy atom. The molecule has 0 bridgehead atoms. The lowest BCUT2D eigenvalue weighted by molar-refractivity contribution is 0.0488. The highest BCUT2D eigenvalue weighted by Gasteiger charge is 2.24. The van der Waals surface area contributed by atoms with Crippen molar-refractivity contribution in [2.24, 2.45) is 0 Å². The molecule has 130 valence electrons. The predicted molar refractivity (Wildman–Crippen MR) is 97.0 cm³/mol. The third-order valence-corrected chi connectivity index (χ3v) is 3.95. The summed E-state index contributed by atoms with van der Waals surface area (Å²) in [6.45, 7) is 4.51. The van der Waals surface area contributed by atoms with Crippen molar-refractivity contribution in [1.82, 2.24) is 0 Å². The van der Waals surface area contributed by atoms with Crippen LogP contribution in [0, 0.1) is 0 Å². The highest BCUT2D eigenvalue weighted by molar-refractivity contribution is 6.08. The number of allylic oxidation sites excluding steroid dienone is 1. The molecule has 0 unspecified atom stereocenters. The summed E-state index contributed by atoms with van der Waals surface area (Å²) in [5, 5.41) is 18.7. The number of hydrogen-bond acceptors (Lipinski definition) is 4. The van der Waals surface area contributed by atoms with E-state index in [4.69, 9.17) is 5.11 Å². The summed E-state index contributed by atoms with van der Waals surface area (Å²) in [5.74, 6) is -0.516. The first kappa shape index (κ1) is 18.6. The van der Waals surface area contributed by atoms with Crippen LogP contribution in [0.15, 0.2) is 60.4 Å². The van der Waals surface area contributed by atoms with Gasteiger partial charge in [-0.2, -0.15) is 0 Å². The van der Waals surface area contributed by atoms with E-state index in [1.807, 2.05) is 24.3 Å². The molecule has 0 radical (unpaired) electrons. The van der Waals surface area contributed by atoms with Crippen molar-refractivity contribution < 1.29 is 19.8 Å². The van der Waals surface area contributed by atoms with Gasteiger partial charge in [0.2, 0.25) is 0 Å². The lowest BCUT2D eigenvalue weighted by atomic mass is 9.95. The summed E-state index contributed by atoms with van der Waals surface area (Å²) in [7, 11) is 0. The van der Waals surface area contributed by atoms with Crippen LogP contribution in [0.4, 0.5) is 0 Å². The number of rotatable bonds is 6. The number of ketones is 2. The second-order valence-corrected chi connectivity index (χ2v) is 6.60. The normalized spacial score (nSPS) is 12.1. The Labute approximate surface area is 147 Å². The topological polar surface area (TPSA) is 74.6 Å². The van der Waals surface area contributed by atoms with E-state index in [9.17, 15) is 14.7 Å². The minimum atomic E-state index is -1.38. The number of aliphatic hydroxyl groups is 2. The summed E-state index contributed by atoms with van der Waals surface area (Å²) in [5.41, 5.74) is 1.97. The molecule has 2 aromatic carbocycles. The fourth-order valence-corrected chi connectivity index (χ4v) is 2.42. The molecule has 0 fully saturated rings. The lowest BCUT2D eigenvalue weighted by Crippen LogP contribution is -2.31. The van der Waals surface area contributed by atoms with Crippen molar-refractivity contribution in [3.8, 4) is 0 Å². The largest absolute Gasteiger partial charge is 0.515 e. The van der Waals surface area contributed by atoms with Crippen molar-refractivity contribution in [3.63, 3.8) is 0 Å². The summed E-state index contributed by atoms with van der Waals surface area (Å²) in [6, 6.07) is 14.3. The average molecular weight is 338 g/mol. The van der Waals surface area contributed by atoms with Crippen molar-refractivity contribution in [2.45, 2.75) is 32.8 Å². The van der Waals surface area contributed by atoms with Gasteiger partial charge >= 0.3 is 0 Å². The standard InChI is InChI=1S/C21H22O4/c1-14(13-22)19(23)17-8-4-15(5-9-17)12-16-6-10-18(11-7-16)20(24)21(2,3)25/h4-11,13,22,25H,12H2,1-3H3/b14-13+. The number of carbonyl (C=O) groups is 2. The van der Waals surface area contributed by atoms with E-state index in [2.05, 4.69) is 0 Å². The summed E-state index contributed by atoms with van der Waals surface area (Å²) >= 11 is 0. The third kappa shape index (κ3) is 4.64. The molecule has 2 rings (SSSR count). The molecule has 0 saturated heterocycles. The molecule has 0 aliphatic carbocycles. The predicted octanol–water partition coefficient (Wildman–Crippen LogP) is 3.88. The summed E-state index contributed by atoms with van der Waals surface area (Å²) < 4.78 is 0. The van der Waals surface area contributed by atoms with Crippen molar-refractivity contribution >= 4 is 11.6 Å². The van der Waals surface area contributed by atoms with Gasteiger partial charge in [0, 0.05) is 16.7 Å². The zero-order valence-corrected chi connectivity index (χ0v) is 14.6. The molecular weight excluding hydrogens is 316 g/mol. The molecule has 0 saturated carbocycles. The molecule has 4 nitrogen and oxygen atoms in total. The Bertz CT molecular complexity index is 791. The van der Waals surface area contributed by atoms with Crippen LogP contribution in [0.3, 0.4) is 0 Å². The van der Waals surface area contributed by atoms with Gasteiger partial charge in [0.1, 0.15) is 5.60 Å². The monoisotopic (exact) mass is 338 g/mol. The minimum absolute atomic E-state index is 0.205. The SMILES string of the molecule is C/C(=C\O)C(=O)c1ccc(Cc2ccc(C(=O)C(C)(C)O)cc2)cc1. The fourth-order valence-electron chi connectivity index (χ4n) is 2.42. The number of aliphatic hydroxyl groups excluding tert-OH is 1. The minimum Gasteiger partial charge on any atom is -0.515 e. The maximum absolute atomic E-state index is 12.0. The number of Topliss-reactive ketones (excluding diaryl/α,β-unsaturated/α-hetero) is 2. The Hall–Kier alpha value is -2.72. The van der Waals surface area contributed by atoms with E-state index in [1.165, 1.54) is 13.8 Å². The van der Waals surface area contributed by atoms with Crippen LogP contribution >= 0.6 is 0 Å². The van der Waals surface area contributed by atoms with Gasteiger partial charge in [0.15, 0.2) is 11.6 Å². The van der Waals surface area contributed by atoms with Crippen LogP contribution in [0.2, 0.25) is 0 Å². The molecule has 0 aliphatic rings. The van der Waals surface area contributed by atoms with Gasteiger partial charge in [0.05, 0.1) is 6.26 Å². The third-order valence-electron chi connectivity index (χ3n) is 3.95. The molecule has 0 amide bonds. The van der Waals surface area contributed by atoms with Crippen molar-refractivity contribution in [3.05, 3.63) is 82.6 Å². The Kier molecular flexibility index (Phi) is 5.55. The fraction of sp³-hybridized carbons (Fsp3) is 0.238. The van der Waals surface area contributed by atoms with E-state index in [1.54, 1.807) is 31.2 Å². The summed E-state index contributed by atoms with van der Waals surface area (Å²) in [4.78, 5) is 24.0.